The third kappa shape index (κ3) is 8.37. The van der Waals surface area contributed by atoms with Crippen molar-refractivity contribution in [2.75, 3.05) is 23.7 Å². The van der Waals surface area contributed by atoms with Crippen molar-refractivity contribution in [1.29, 1.82) is 10.8 Å². The van der Waals surface area contributed by atoms with Crippen molar-refractivity contribution in [2.24, 2.45) is 11.5 Å². The molecule has 0 aromatic heterocycles. The van der Waals surface area contributed by atoms with Gasteiger partial charge in [-0.25, -0.2) is 18.4 Å². The zero-order valence-electron chi connectivity index (χ0n) is 18.5. The third-order valence-corrected chi connectivity index (χ3v) is 4.74. The van der Waals surface area contributed by atoms with Gasteiger partial charge in [0, 0.05) is 24.5 Å². The highest BCUT2D eigenvalue weighted by Gasteiger charge is 2.18. The molecule has 0 saturated carbocycles. The van der Waals surface area contributed by atoms with Gasteiger partial charge in [-0.05, 0) is 49.2 Å². The molecule has 12 heteroatoms. The molecule has 0 saturated heterocycles. The first-order chi connectivity index (χ1) is 16.2. The average molecular weight is 475 g/mol. The fourth-order valence-electron chi connectivity index (χ4n) is 3.07. The number of nitrogens with two attached hydrogens (primary N) is 2. The summed E-state index contributed by atoms with van der Waals surface area (Å²) in [6, 6.07) is 9.45. The van der Waals surface area contributed by atoms with E-state index in [0.29, 0.717) is 25.7 Å². The minimum Gasteiger partial charge on any atom is -0.370 e. The quantitative estimate of drug-likeness (QED) is 0.186. The SMILES string of the molecule is N=C(N)N(CCCCCCN(C(=N)N)C(=O)Nc1cccc(F)c1)C(=O)Nc1cccc(F)c1. The van der Waals surface area contributed by atoms with Gasteiger partial charge in [0.15, 0.2) is 11.9 Å². The minimum atomic E-state index is -0.644. The van der Waals surface area contributed by atoms with E-state index in [1.54, 1.807) is 0 Å². The van der Waals surface area contributed by atoms with Crippen molar-refractivity contribution < 1.29 is 18.4 Å². The number of carbonyl (C=O) groups is 2. The van der Waals surface area contributed by atoms with Crippen molar-refractivity contribution in [1.82, 2.24) is 9.80 Å². The summed E-state index contributed by atoms with van der Waals surface area (Å²) in [4.78, 5) is 26.8. The number of unbranched alkanes of at least 4 members (excludes halogenated alkanes) is 3. The maximum absolute atomic E-state index is 13.3. The number of carbonyl (C=O) groups excluding carboxylic acids is 2. The second kappa shape index (κ2) is 12.7. The summed E-state index contributed by atoms with van der Waals surface area (Å²) >= 11 is 0. The third-order valence-electron chi connectivity index (χ3n) is 4.74. The van der Waals surface area contributed by atoms with Crippen molar-refractivity contribution in [3.05, 3.63) is 60.2 Å². The van der Waals surface area contributed by atoms with Crippen LogP contribution in [0.3, 0.4) is 0 Å². The van der Waals surface area contributed by atoms with Crippen LogP contribution in [0.15, 0.2) is 48.5 Å². The van der Waals surface area contributed by atoms with Crippen LogP contribution in [-0.2, 0) is 0 Å². The average Bonchev–Trinajstić information content (AvgIpc) is 2.75. The fraction of sp³-hybridized carbons (Fsp3) is 0.273. The smallest absolute Gasteiger partial charge is 0.328 e. The van der Waals surface area contributed by atoms with E-state index in [0.717, 1.165) is 21.9 Å². The first-order valence-electron chi connectivity index (χ1n) is 10.5. The van der Waals surface area contributed by atoms with E-state index in [1.165, 1.54) is 36.4 Å². The monoisotopic (exact) mass is 474 g/mol. The predicted molar refractivity (Wildman–Crippen MR) is 127 cm³/mol. The molecule has 0 unspecified atom stereocenters. The lowest BCUT2D eigenvalue weighted by Gasteiger charge is -2.22. The Kier molecular flexibility index (Phi) is 9.74. The Balaban J connectivity index is 1.76. The fourth-order valence-corrected chi connectivity index (χ4v) is 3.07. The maximum Gasteiger partial charge on any atom is 0.328 e. The molecule has 182 valence electrons. The Bertz CT molecular complexity index is 952. The lowest BCUT2D eigenvalue weighted by molar-refractivity contribution is 0.230. The maximum atomic E-state index is 13.3. The van der Waals surface area contributed by atoms with E-state index in [1.807, 2.05) is 0 Å². The topological polar surface area (TPSA) is 164 Å². The summed E-state index contributed by atoms with van der Waals surface area (Å²) in [6.07, 6.45) is 2.33. The summed E-state index contributed by atoms with van der Waals surface area (Å²) in [6.45, 7) is 0.347. The van der Waals surface area contributed by atoms with Crippen LogP contribution < -0.4 is 22.1 Å². The minimum absolute atomic E-state index is 0.174. The van der Waals surface area contributed by atoms with Gasteiger partial charge >= 0.3 is 12.1 Å². The van der Waals surface area contributed by atoms with E-state index in [2.05, 4.69) is 10.6 Å². The number of guanidine groups is 2. The number of anilines is 2. The molecule has 2 aromatic carbocycles. The lowest BCUT2D eigenvalue weighted by Crippen LogP contribution is -2.44. The highest BCUT2D eigenvalue weighted by Crippen LogP contribution is 2.12. The molecule has 0 aliphatic rings. The molecule has 0 aliphatic carbocycles. The first kappa shape index (κ1) is 26.0. The molecule has 4 amide bonds. The molecule has 0 aliphatic heterocycles. The van der Waals surface area contributed by atoms with Crippen molar-refractivity contribution >= 4 is 35.4 Å². The highest BCUT2D eigenvalue weighted by atomic mass is 19.1. The van der Waals surface area contributed by atoms with E-state index >= 15 is 0 Å². The Morgan fingerprint density at radius 1 is 0.735 bits per heavy atom. The van der Waals surface area contributed by atoms with E-state index in [-0.39, 0.29) is 24.5 Å². The van der Waals surface area contributed by atoms with Crippen LogP contribution in [0.25, 0.3) is 0 Å². The molecule has 0 atom stereocenters. The summed E-state index contributed by atoms with van der Waals surface area (Å²) < 4.78 is 26.6. The van der Waals surface area contributed by atoms with Gasteiger partial charge in [0.25, 0.3) is 0 Å². The van der Waals surface area contributed by atoms with Gasteiger partial charge < -0.3 is 22.1 Å². The number of halogens is 2. The summed E-state index contributed by atoms with van der Waals surface area (Å²) in [5.74, 6) is -1.89. The van der Waals surface area contributed by atoms with E-state index in [9.17, 15) is 18.4 Å². The molecule has 0 radical (unpaired) electrons. The van der Waals surface area contributed by atoms with Crippen LogP contribution >= 0.6 is 0 Å². The van der Waals surface area contributed by atoms with Gasteiger partial charge in [-0.15, -0.1) is 0 Å². The van der Waals surface area contributed by atoms with Crippen LogP contribution in [0, 0.1) is 22.5 Å². The Morgan fingerprint density at radius 2 is 1.12 bits per heavy atom. The molecule has 0 bridgehead atoms. The molecule has 2 rings (SSSR count). The Hall–Kier alpha value is -4.22. The summed E-state index contributed by atoms with van der Waals surface area (Å²) in [5, 5.41) is 20.2. The molecule has 34 heavy (non-hydrogen) atoms. The summed E-state index contributed by atoms with van der Waals surface area (Å²) in [7, 11) is 0. The number of nitrogens with zero attached hydrogens (tertiary/aromatic N) is 2. The van der Waals surface area contributed by atoms with E-state index < -0.39 is 35.6 Å². The zero-order valence-corrected chi connectivity index (χ0v) is 18.5. The van der Waals surface area contributed by atoms with Gasteiger partial charge in [-0.3, -0.25) is 20.6 Å². The number of hydrogen-bond donors (Lipinski definition) is 6. The van der Waals surface area contributed by atoms with Crippen molar-refractivity contribution in [2.45, 2.75) is 25.7 Å². The van der Waals surface area contributed by atoms with Gasteiger partial charge in [-0.2, -0.15) is 0 Å². The molecule has 0 spiro atoms. The summed E-state index contributed by atoms with van der Waals surface area (Å²) in [5.41, 5.74) is 11.5. The van der Waals surface area contributed by atoms with Gasteiger partial charge in [0.1, 0.15) is 11.6 Å². The first-order valence-corrected chi connectivity index (χ1v) is 10.5. The largest absolute Gasteiger partial charge is 0.370 e. The standard InChI is InChI=1S/C22H28F2N8O2/c23-15-7-5-9-17(13-15)29-21(33)31(19(25)26)11-3-1-2-4-12-32(20(27)28)22(34)30-18-10-6-8-16(24)14-18/h5-10,13-14H,1-4,11-12H2,(H3,25,26)(H3,27,28)(H,29,33)(H,30,34). The van der Waals surface area contributed by atoms with Gasteiger partial charge in [0.05, 0.1) is 0 Å². The number of amides is 4. The molecule has 0 fully saturated rings. The normalized spacial score (nSPS) is 10.3. The zero-order chi connectivity index (χ0) is 25.1. The lowest BCUT2D eigenvalue weighted by atomic mass is 10.2. The molecular weight excluding hydrogens is 446 g/mol. The predicted octanol–water partition coefficient (Wildman–Crippen LogP) is 3.68. The number of benzene rings is 2. The molecular formula is C22H28F2N8O2. The van der Waals surface area contributed by atoms with Crippen LogP contribution in [0.2, 0.25) is 0 Å². The van der Waals surface area contributed by atoms with Crippen molar-refractivity contribution in [3.63, 3.8) is 0 Å². The van der Waals surface area contributed by atoms with Crippen LogP contribution in [0.5, 0.6) is 0 Å². The molecule has 2 aromatic rings. The second-order valence-corrected chi connectivity index (χ2v) is 7.37. The van der Waals surface area contributed by atoms with Crippen molar-refractivity contribution in [3.8, 4) is 0 Å². The molecule has 8 N–H and O–H groups in total. The number of nitrogens with one attached hydrogen (secondary N) is 4. The molecule has 0 heterocycles. The van der Waals surface area contributed by atoms with Crippen LogP contribution in [0.4, 0.5) is 29.7 Å². The second-order valence-electron chi connectivity index (χ2n) is 7.37. The number of hydrogen-bond acceptors (Lipinski definition) is 4. The highest BCUT2D eigenvalue weighted by molar-refractivity contribution is 6.01. The number of rotatable bonds is 9. The van der Waals surface area contributed by atoms with E-state index in [4.69, 9.17) is 22.3 Å². The number of urea groups is 2. The Labute approximate surface area is 195 Å². The van der Waals surface area contributed by atoms with Gasteiger partial charge in [0.2, 0.25) is 0 Å². The van der Waals surface area contributed by atoms with Crippen LogP contribution in [0.1, 0.15) is 25.7 Å². The Morgan fingerprint density at radius 3 is 1.44 bits per heavy atom. The molecule has 10 nitrogen and oxygen atoms in total. The van der Waals surface area contributed by atoms with Crippen LogP contribution in [-0.4, -0.2) is 46.9 Å². The van der Waals surface area contributed by atoms with Gasteiger partial charge in [-0.1, -0.05) is 25.0 Å².